The molecular weight excluding hydrogens is 412 g/mol. The Morgan fingerprint density at radius 3 is 2.52 bits per heavy atom. The van der Waals surface area contributed by atoms with Crippen molar-refractivity contribution in [2.24, 2.45) is 16.7 Å². The number of carbonyl (C=O) groups excluding carboxylic acids is 2. The van der Waals surface area contributed by atoms with E-state index in [1.54, 1.807) is 6.20 Å². The quantitative estimate of drug-likeness (QED) is 0.716. The standard InChI is InChI=1S/C27H36N4O2/c1-4-30-16-12-27(25(30)33)19-29(17-20(2)3)18-26(27)10-14-31(15-11-26)24(32)22-9-5-7-21-8-6-13-28-23(21)22/h5-9,13,20H,4,10-12,14-19H2,1-3H3/t27-/m0/s1. The molecule has 6 nitrogen and oxygen atoms in total. The third-order valence-corrected chi connectivity index (χ3v) is 8.42. The van der Waals surface area contributed by atoms with Crippen LogP contribution in [-0.4, -0.2) is 77.3 Å². The first-order chi connectivity index (χ1) is 15.9. The normalized spacial score (nSPS) is 25.3. The van der Waals surface area contributed by atoms with E-state index >= 15 is 0 Å². The van der Waals surface area contributed by atoms with Crippen LogP contribution in [0, 0.1) is 16.7 Å². The first-order valence-electron chi connectivity index (χ1n) is 12.5. The molecule has 0 saturated carbocycles. The van der Waals surface area contributed by atoms with Crippen molar-refractivity contribution in [2.75, 3.05) is 45.8 Å². The first kappa shape index (κ1) is 22.3. The van der Waals surface area contributed by atoms with Gasteiger partial charge in [0, 0.05) is 62.8 Å². The van der Waals surface area contributed by atoms with Crippen molar-refractivity contribution < 1.29 is 9.59 Å². The zero-order valence-corrected chi connectivity index (χ0v) is 20.2. The molecule has 0 N–H and O–H groups in total. The fraction of sp³-hybridized carbons (Fsp3) is 0.593. The fourth-order valence-electron chi connectivity index (χ4n) is 6.83. The Morgan fingerprint density at radius 1 is 1.06 bits per heavy atom. The minimum Gasteiger partial charge on any atom is -0.342 e. The lowest BCUT2D eigenvalue weighted by atomic mass is 9.60. The van der Waals surface area contributed by atoms with Crippen LogP contribution in [0.4, 0.5) is 0 Å². The minimum absolute atomic E-state index is 0.0311. The van der Waals surface area contributed by atoms with Crippen molar-refractivity contribution in [1.82, 2.24) is 19.7 Å². The fourth-order valence-corrected chi connectivity index (χ4v) is 6.83. The molecule has 1 aromatic carbocycles. The topological polar surface area (TPSA) is 56.8 Å². The average Bonchev–Trinajstić information content (AvgIpc) is 3.29. The van der Waals surface area contributed by atoms with Crippen LogP contribution < -0.4 is 0 Å². The van der Waals surface area contributed by atoms with E-state index in [9.17, 15) is 9.59 Å². The van der Waals surface area contributed by atoms with E-state index in [0.717, 1.165) is 62.9 Å². The molecule has 0 bridgehead atoms. The first-order valence-corrected chi connectivity index (χ1v) is 12.5. The highest BCUT2D eigenvalue weighted by Crippen LogP contribution is 2.58. The van der Waals surface area contributed by atoms with Crippen LogP contribution in [-0.2, 0) is 4.79 Å². The predicted molar refractivity (Wildman–Crippen MR) is 130 cm³/mol. The summed E-state index contributed by atoms with van der Waals surface area (Å²) in [6, 6.07) is 9.74. The number of aromatic nitrogens is 1. The SMILES string of the molecule is CCN1CC[C@]2(CN(CC(C)C)CC23CCN(C(=O)c2cccc4cccnc24)CC3)C1=O. The number of hydrogen-bond acceptors (Lipinski definition) is 4. The maximum atomic E-state index is 13.7. The van der Waals surface area contributed by atoms with Crippen molar-refractivity contribution >= 4 is 22.7 Å². The lowest BCUT2D eigenvalue weighted by molar-refractivity contribution is -0.141. The van der Waals surface area contributed by atoms with E-state index < -0.39 is 0 Å². The molecule has 3 fully saturated rings. The molecule has 2 aromatic rings. The van der Waals surface area contributed by atoms with Gasteiger partial charge in [-0.25, -0.2) is 0 Å². The van der Waals surface area contributed by atoms with Gasteiger partial charge in [-0.2, -0.15) is 0 Å². The number of nitrogens with zero attached hydrogens (tertiary/aromatic N) is 4. The van der Waals surface area contributed by atoms with Crippen LogP contribution in [0.1, 0.15) is 50.4 Å². The summed E-state index contributed by atoms with van der Waals surface area (Å²) in [6.07, 6.45) is 4.50. The van der Waals surface area contributed by atoms with Gasteiger partial charge < -0.3 is 14.7 Å². The maximum absolute atomic E-state index is 13.7. The largest absolute Gasteiger partial charge is 0.342 e. The van der Waals surface area contributed by atoms with Gasteiger partial charge in [-0.15, -0.1) is 0 Å². The minimum atomic E-state index is -0.284. The van der Waals surface area contributed by atoms with Gasteiger partial charge in [0.25, 0.3) is 5.91 Å². The monoisotopic (exact) mass is 448 g/mol. The summed E-state index contributed by atoms with van der Waals surface area (Å²) in [5.41, 5.74) is 1.14. The Hall–Kier alpha value is -2.47. The summed E-state index contributed by atoms with van der Waals surface area (Å²) in [5.74, 6) is 0.999. The Kier molecular flexibility index (Phi) is 5.68. The second-order valence-corrected chi connectivity index (χ2v) is 10.7. The van der Waals surface area contributed by atoms with Crippen molar-refractivity contribution in [2.45, 2.75) is 40.0 Å². The smallest absolute Gasteiger partial charge is 0.256 e. The number of hydrogen-bond donors (Lipinski definition) is 0. The van der Waals surface area contributed by atoms with Crippen molar-refractivity contribution in [3.05, 3.63) is 42.1 Å². The number of amides is 2. The second-order valence-electron chi connectivity index (χ2n) is 10.7. The molecule has 5 rings (SSSR count). The van der Waals surface area contributed by atoms with Gasteiger partial charge in [0.05, 0.1) is 16.5 Å². The number of pyridine rings is 1. The van der Waals surface area contributed by atoms with Crippen LogP contribution in [0.25, 0.3) is 10.9 Å². The number of benzene rings is 1. The molecule has 2 amide bonds. The molecule has 3 saturated heterocycles. The molecule has 176 valence electrons. The molecule has 0 aliphatic carbocycles. The highest BCUT2D eigenvalue weighted by Gasteiger charge is 2.64. The summed E-state index contributed by atoms with van der Waals surface area (Å²) in [5, 5.41) is 0.993. The molecule has 33 heavy (non-hydrogen) atoms. The van der Waals surface area contributed by atoms with Gasteiger partial charge in [-0.05, 0) is 44.2 Å². The molecule has 4 heterocycles. The predicted octanol–water partition coefficient (Wildman–Crippen LogP) is 3.67. The molecule has 1 aromatic heterocycles. The van der Waals surface area contributed by atoms with E-state index in [-0.39, 0.29) is 16.7 Å². The molecular formula is C27H36N4O2. The number of likely N-dealkylation sites (tertiary alicyclic amines) is 3. The van der Waals surface area contributed by atoms with Crippen molar-refractivity contribution in [1.29, 1.82) is 0 Å². The highest BCUT2D eigenvalue weighted by molar-refractivity contribution is 6.05. The highest BCUT2D eigenvalue weighted by atomic mass is 16.2. The zero-order chi connectivity index (χ0) is 23.2. The van der Waals surface area contributed by atoms with Crippen LogP contribution in [0.3, 0.4) is 0 Å². The summed E-state index contributed by atoms with van der Waals surface area (Å²) < 4.78 is 0. The average molecular weight is 449 g/mol. The van der Waals surface area contributed by atoms with E-state index in [0.29, 0.717) is 30.5 Å². The molecule has 0 unspecified atom stereocenters. The molecule has 0 radical (unpaired) electrons. The van der Waals surface area contributed by atoms with Gasteiger partial charge in [-0.1, -0.05) is 32.0 Å². The Morgan fingerprint density at radius 2 is 1.82 bits per heavy atom. The van der Waals surface area contributed by atoms with Crippen LogP contribution in [0.15, 0.2) is 36.5 Å². The third-order valence-electron chi connectivity index (χ3n) is 8.42. The second kappa shape index (κ2) is 8.39. The summed E-state index contributed by atoms with van der Waals surface area (Å²) in [7, 11) is 0. The van der Waals surface area contributed by atoms with E-state index in [4.69, 9.17) is 0 Å². The number of rotatable bonds is 4. The Balaban J connectivity index is 1.39. The van der Waals surface area contributed by atoms with E-state index in [2.05, 4.69) is 35.6 Å². The summed E-state index contributed by atoms with van der Waals surface area (Å²) in [6.45, 7) is 12.6. The lowest BCUT2D eigenvalue weighted by Gasteiger charge is -2.47. The molecule has 1 atom stereocenters. The van der Waals surface area contributed by atoms with Gasteiger partial charge in [-0.3, -0.25) is 14.6 Å². The molecule has 6 heteroatoms. The van der Waals surface area contributed by atoms with Gasteiger partial charge >= 0.3 is 0 Å². The third kappa shape index (κ3) is 3.54. The van der Waals surface area contributed by atoms with E-state index in [1.165, 1.54) is 0 Å². The van der Waals surface area contributed by atoms with Gasteiger partial charge in [0.15, 0.2) is 0 Å². The van der Waals surface area contributed by atoms with Crippen molar-refractivity contribution in [3.63, 3.8) is 0 Å². The van der Waals surface area contributed by atoms with E-state index in [1.807, 2.05) is 35.2 Å². The zero-order valence-electron chi connectivity index (χ0n) is 20.2. The number of para-hydroxylation sites is 1. The van der Waals surface area contributed by atoms with Crippen LogP contribution in [0.5, 0.6) is 0 Å². The van der Waals surface area contributed by atoms with Crippen molar-refractivity contribution in [3.8, 4) is 0 Å². The molecule has 3 aliphatic heterocycles. The summed E-state index contributed by atoms with van der Waals surface area (Å²) in [4.78, 5) is 38.2. The van der Waals surface area contributed by atoms with Crippen LogP contribution >= 0.6 is 0 Å². The molecule has 2 spiro atoms. The van der Waals surface area contributed by atoms with Gasteiger partial charge in [0.1, 0.15) is 0 Å². The molecule has 3 aliphatic rings. The lowest BCUT2D eigenvalue weighted by Crippen LogP contribution is -2.53. The Bertz CT molecular complexity index is 1050. The number of piperidine rings is 1. The van der Waals surface area contributed by atoms with Crippen LogP contribution in [0.2, 0.25) is 0 Å². The summed E-state index contributed by atoms with van der Waals surface area (Å²) >= 11 is 0. The maximum Gasteiger partial charge on any atom is 0.256 e. The van der Waals surface area contributed by atoms with Gasteiger partial charge in [0.2, 0.25) is 5.91 Å². The number of fused-ring (bicyclic) bond motifs is 2. The number of carbonyl (C=O) groups is 2. The Labute approximate surface area is 196 Å².